The van der Waals surface area contributed by atoms with Gasteiger partial charge in [0.05, 0.1) is 16.3 Å². The first-order valence-corrected chi connectivity index (χ1v) is 8.10. The van der Waals surface area contributed by atoms with Crippen LogP contribution in [0, 0.1) is 0 Å². The molecule has 1 rings (SSSR count). The lowest BCUT2D eigenvalue weighted by Crippen LogP contribution is -2.36. The number of amides is 2. The zero-order chi connectivity index (χ0) is 17.5. The van der Waals surface area contributed by atoms with Crippen molar-refractivity contribution < 1.29 is 18.0 Å². The van der Waals surface area contributed by atoms with E-state index >= 15 is 0 Å². The summed E-state index contributed by atoms with van der Waals surface area (Å²) in [5.41, 5.74) is -0.865. The van der Waals surface area contributed by atoms with Gasteiger partial charge in [-0.2, -0.15) is 13.2 Å². The maximum atomic E-state index is 12.8. The van der Waals surface area contributed by atoms with Crippen molar-refractivity contribution in [2.24, 2.45) is 0 Å². The van der Waals surface area contributed by atoms with Gasteiger partial charge < -0.3 is 10.2 Å². The molecule has 0 heterocycles. The van der Waals surface area contributed by atoms with Gasteiger partial charge in [-0.15, -0.1) is 0 Å². The van der Waals surface area contributed by atoms with Crippen molar-refractivity contribution in [3.05, 3.63) is 28.8 Å². The molecule has 7 heteroatoms. The van der Waals surface area contributed by atoms with E-state index in [9.17, 15) is 18.0 Å². The monoisotopic (exact) mass is 350 g/mol. The van der Waals surface area contributed by atoms with Crippen molar-refractivity contribution in [2.45, 2.75) is 45.7 Å². The molecule has 0 radical (unpaired) electrons. The van der Waals surface area contributed by atoms with E-state index in [0.29, 0.717) is 13.1 Å². The van der Waals surface area contributed by atoms with Crippen molar-refractivity contribution in [1.82, 2.24) is 4.90 Å². The minimum atomic E-state index is -4.48. The zero-order valence-corrected chi connectivity index (χ0v) is 14.1. The molecule has 2 amide bonds. The van der Waals surface area contributed by atoms with Crippen LogP contribution in [0.5, 0.6) is 0 Å². The van der Waals surface area contributed by atoms with Crippen LogP contribution in [-0.4, -0.2) is 24.0 Å². The van der Waals surface area contributed by atoms with Crippen molar-refractivity contribution in [3.8, 4) is 0 Å². The molecule has 0 atom stereocenters. The molecule has 1 N–H and O–H groups in total. The first-order chi connectivity index (χ1) is 10.8. The normalized spacial score (nSPS) is 11.4. The number of hydrogen-bond acceptors (Lipinski definition) is 1. The van der Waals surface area contributed by atoms with Crippen LogP contribution in [0.15, 0.2) is 18.2 Å². The summed E-state index contributed by atoms with van der Waals surface area (Å²) in [4.78, 5) is 13.9. The highest BCUT2D eigenvalue weighted by Crippen LogP contribution is 2.33. The number of unbranched alkanes of at least 4 members (excludes halogenated alkanes) is 2. The molecule has 0 aliphatic rings. The lowest BCUT2D eigenvalue weighted by atomic mass is 10.2. The number of hydrogen-bond donors (Lipinski definition) is 1. The summed E-state index contributed by atoms with van der Waals surface area (Å²) in [6, 6.07) is 2.47. The molecule has 0 fully saturated rings. The van der Waals surface area contributed by atoms with Crippen LogP contribution in [-0.2, 0) is 6.18 Å². The quantitative estimate of drug-likeness (QED) is 0.662. The smallest absolute Gasteiger partial charge is 0.325 e. The zero-order valence-electron chi connectivity index (χ0n) is 13.3. The van der Waals surface area contributed by atoms with Crippen molar-refractivity contribution in [1.29, 1.82) is 0 Å². The number of halogens is 4. The first-order valence-electron chi connectivity index (χ1n) is 7.72. The Morgan fingerprint density at radius 2 is 1.74 bits per heavy atom. The Morgan fingerprint density at radius 3 is 2.22 bits per heavy atom. The SMILES string of the molecule is CCCCN(CCCC)C(=O)Nc1cc(C(F)(F)F)ccc1Cl. The van der Waals surface area contributed by atoms with Gasteiger partial charge in [-0.3, -0.25) is 0 Å². The van der Waals surface area contributed by atoms with E-state index in [1.807, 2.05) is 13.8 Å². The Balaban J connectivity index is 2.88. The fraction of sp³-hybridized carbons (Fsp3) is 0.562. The molecule has 0 saturated carbocycles. The summed E-state index contributed by atoms with van der Waals surface area (Å²) >= 11 is 5.90. The summed E-state index contributed by atoms with van der Waals surface area (Å²) in [6.45, 7) is 5.16. The van der Waals surface area contributed by atoms with Crippen molar-refractivity contribution in [3.63, 3.8) is 0 Å². The summed E-state index contributed by atoms with van der Waals surface area (Å²) in [5.74, 6) is 0. The van der Waals surface area contributed by atoms with Gasteiger partial charge >= 0.3 is 12.2 Å². The number of carbonyl (C=O) groups excluding carboxylic acids is 1. The molecule has 1 aromatic carbocycles. The number of nitrogens with zero attached hydrogens (tertiary/aromatic N) is 1. The molecule has 1 aromatic rings. The largest absolute Gasteiger partial charge is 0.416 e. The Kier molecular flexibility index (Phi) is 7.68. The summed E-state index contributed by atoms with van der Waals surface area (Å²) in [7, 11) is 0. The molecule has 0 aliphatic carbocycles. The van der Waals surface area contributed by atoms with E-state index in [-0.39, 0.29) is 10.7 Å². The van der Waals surface area contributed by atoms with Gasteiger partial charge in [0.1, 0.15) is 0 Å². The lowest BCUT2D eigenvalue weighted by molar-refractivity contribution is -0.137. The highest BCUT2D eigenvalue weighted by Gasteiger charge is 2.31. The molecular weight excluding hydrogens is 329 g/mol. The van der Waals surface area contributed by atoms with Gasteiger partial charge in [-0.1, -0.05) is 38.3 Å². The fourth-order valence-electron chi connectivity index (χ4n) is 2.00. The average Bonchev–Trinajstić information content (AvgIpc) is 2.48. The number of nitrogens with one attached hydrogen (secondary N) is 1. The second-order valence-electron chi connectivity index (χ2n) is 5.32. The number of anilines is 1. The predicted octanol–water partition coefficient (Wildman–Crippen LogP) is 5.79. The molecule has 130 valence electrons. The molecule has 0 spiro atoms. The van der Waals surface area contributed by atoms with Gasteiger partial charge in [-0.05, 0) is 31.0 Å². The molecular formula is C16H22ClF3N2O. The maximum Gasteiger partial charge on any atom is 0.416 e. The van der Waals surface area contributed by atoms with Crippen LogP contribution >= 0.6 is 11.6 Å². The van der Waals surface area contributed by atoms with E-state index in [1.165, 1.54) is 0 Å². The van der Waals surface area contributed by atoms with E-state index in [2.05, 4.69) is 5.32 Å². The molecule has 0 unspecified atom stereocenters. The average molecular weight is 351 g/mol. The third-order valence-corrected chi connectivity index (χ3v) is 3.72. The number of rotatable bonds is 7. The minimum Gasteiger partial charge on any atom is -0.325 e. The Morgan fingerprint density at radius 1 is 1.17 bits per heavy atom. The number of benzene rings is 1. The second kappa shape index (κ2) is 9.01. The van der Waals surface area contributed by atoms with Crippen molar-refractivity contribution in [2.75, 3.05) is 18.4 Å². The summed E-state index contributed by atoms with van der Waals surface area (Å²) in [5, 5.41) is 2.58. The van der Waals surface area contributed by atoms with Crippen LogP contribution in [0.1, 0.15) is 45.1 Å². The fourth-order valence-corrected chi connectivity index (χ4v) is 2.17. The predicted molar refractivity (Wildman–Crippen MR) is 86.9 cm³/mol. The lowest BCUT2D eigenvalue weighted by Gasteiger charge is -2.23. The van der Waals surface area contributed by atoms with Crippen LogP contribution < -0.4 is 5.32 Å². The van der Waals surface area contributed by atoms with Gasteiger partial charge in [-0.25, -0.2) is 4.79 Å². The molecule has 0 saturated heterocycles. The maximum absolute atomic E-state index is 12.8. The highest BCUT2D eigenvalue weighted by atomic mass is 35.5. The van der Waals surface area contributed by atoms with Gasteiger partial charge in [0.15, 0.2) is 0 Å². The number of urea groups is 1. The Labute approximate surface area is 139 Å². The van der Waals surface area contributed by atoms with Crippen LogP contribution in [0.4, 0.5) is 23.7 Å². The second-order valence-corrected chi connectivity index (χ2v) is 5.72. The van der Waals surface area contributed by atoms with E-state index < -0.39 is 17.8 Å². The topological polar surface area (TPSA) is 32.3 Å². The van der Waals surface area contributed by atoms with Gasteiger partial charge in [0, 0.05) is 13.1 Å². The summed E-state index contributed by atoms with van der Waals surface area (Å²) < 4.78 is 38.3. The van der Waals surface area contributed by atoms with Crippen LogP contribution in [0.3, 0.4) is 0 Å². The third kappa shape index (κ3) is 6.29. The minimum absolute atomic E-state index is 0.0236. The molecule has 0 aliphatic heterocycles. The molecule has 0 bridgehead atoms. The van der Waals surface area contributed by atoms with Crippen LogP contribution in [0.2, 0.25) is 5.02 Å². The van der Waals surface area contributed by atoms with Crippen molar-refractivity contribution >= 4 is 23.3 Å². The number of alkyl halides is 3. The van der Waals surface area contributed by atoms with Gasteiger partial charge in [0.25, 0.3) is 0 Å². The van der Waals surface area contributed by atoms with Gasteiger partial charge in [0.2, 0.25) is 0 Å². The highest BCUT2D eigenvalue weighted by molar-refractivity contribution is 6.33. The first kappa shape index (κ1) is 19.6. The van der Waals surface area contributed by atoms with E-state index in [1.54, 1.807) is 4.90 Å². The third-order valence-electron chi connectivity index (χ3n) is 3.39. The van der Waals surface area contributed by atoms with E-state index in [0.717, 1.165) is 43.9 Å². The van der Waals surface area contributed by atoms with Crippen LogP contribution in [0.25, 0.3) is 0 Å². The molecule has 23 heavy (non-hydrogen) atoms. The summed E-state index contributed by atoms with van der Waals surface area (Å²) in [6.07, 6.45) is -0.935. The standard InChI is InChI=1S/C16H22ClF3N2O/c1-3-5-9-22(10-6-4-2)15(23)21-14-11-12(16(18,19)20)7-8-13(14)17/h7-8,11H,3-6,9-10H2,1-2H3,(H,21,23). The molecule has 0 aromatic heterocycles. The van der Waals surface area contributed by atoms with E-state index in [4.69, 9.17) is 11.6 Å². The molecule has 3 nitrogen and oxygen atoms in total. The Hall–Kier alpha value is -1.43. The number of carbonyl (C=O) groups is 1. The Bertz CT molecular complexity index is 513.